The summed E-state index contributed by atoms with van der Waals surface area (Å²) < 4.78 is 0. The highest BCUT2D eigenvalue weighted by molar-refractivity contribution is 6.00. The minimum Gasteiger partial charge on any atom is -0.368 e. The Labute approximate surface area is 163 Å². The molecular weight excluding hydrogens is 332 g/mol. The van der Waals surface area contributed by atoms with Crippen LogP contribution < -0.4 is 4.90 Å². The van der Waals surface area contributed by atoms with Crippen molar-refractivity contribution in [3.8, 4) is 11.1 Å². The standard InChI is InChI=1S/C23H30N4/c1-19(24)18-20(2)25-12-13-26-14-16-27(17-15-26)23-11-7-6-10-22(23)21-8-4-3-5-9-21/h3-11,24H,12-18H2,1-2H3. The van der Waals surface area contributed by atoms with E-state index in [1.54, 1.807) is 0 Å². The lowest BCUT2D eigenvalue weighted by atomic mass is 10.0. The van der Waals surface area contributed by atoms with Crippen molar-refractivity contribution >= 4 is 17.1 Å². The van der Waals surface area contributed by atoms with E-state index in [4.69, 9.17) is 5.41 Å². The summed E-state index contributed by atoms with van der Waals surface area (Å²) in [5.74, 6) is 0. The van der Waals surface area contributed by atoms with Gasteiger partial charge >= 0.3 is 0 Å². The van der Waals surface area contributed by atoms with Crippen molar-refractivity contribution in [2.45, 2.75) is 20.3 Å². The molecule has 1 saturated heterocycles. The van der Waals surface area contributed by atoms with Gasteiger partial charge < -0.3 is 10.3 Å². The van der Waals surface area contributed by atoms with Crippen molar-refractivity contribution < 1.29 is 0 Å². The van der Waals surface area contributed by atoms with Crippen LogP contribution in [0.1, 0.15) is 20.3 Å². The van der Waals surface area contributed by atoms with E-state index in [9.17, 15) is 0 Å². The van der Waals surface area contributed by atoms with Gasteiger partial charge in [0, 0.05) is 61.8 Å². The van der Waals surface area contributed by atoms with E-state index in [1.807, 2.05) is 13.8 Å². The Bertz CT molecular complexity index is 774. The highest BCUT2D eigenvalue weighted by atomic mass is 15.3. The molecule has 0 saturated carbocycles. The number of rotatable bonds is 7. The third-order valence-electron chi connectivity index (χ3n) is 5.02. The summed E-state index contributed by atoms with van der Waals surface area (Å²) in [4.78, 5) is 9.61. The van der Waals surface area contributed by atoms with Crippen molar-refractivity contribution in [2.24, 2.45) is 4.99 Å². The van der Waals surface area contributed by atoms with Gasteiger partial charge in [-0.3, -0.25) is 9.89 Å². The second-order valence-corrected chi connectivity index (χ2v) is 7.29. The Hall–Kier alpha value is -2.46. The third-order valence-corrected chi connectivity index (χ3v) is 5.02. The van der Waals surface area contributed by atoms with Gasteiger partial charge in [0.1, 0.15) is 0 Å². The van der Waals surface area contributed by atoms with E-state index in [0.29, 0.717) is 12.1 Å². The van der Waals surface area contributed by atoms with Gasteiger partial charge in [0.25, 0.3) is 0 Å². The van der Waals surface area contributed by atoms with E-state index in [2.05, 4.69) is 69.4 Å². The summed E-state index contributed by atoms with van der Waals surface area (Å²) in [5, 5.41) is 7.54. The number of hydrogen-bond donors (Lipinski definition) is 1. The number of piperazine rings is 1. The molecule has 0 aliphatic carbocycles. The van der Waals surface area contributed by atoms with Crippen LogP contribution in [0.25, 0.3) is 11.1 Å². The number of aliphatic imine (C=N–C) groups is 1. The lowest BCUT2D eigenvalue weighted by Crippen LogP contribution is -2.47. The highest BCUT2D eigenvalue weighted by Gasteiger charge is 2.19. The molecule has 142 valence electrons. The van der Waals surface area contributed by atoms with Crippen molar-refractivity contribution in [2.75, 3.05) is 44.2 Å². The van der Waals surface area contributed by atoms with E-state index in [1.165, 1.54) is 16.8 Å². The molecule has 0 bridgehead atoms. The molecular formula is C23H30N4. The molecule has 0 unspecified atom stereocenters. The molecule has 0 aromatic heterocycles. The number of anilines is 1. The van der Waals surface area contributed by atoms with Crippen LogP contribution in [0.3, 0.4) is 0 Å². The molecule has 1 heterocycles. The third kappa shape index (κ3) is 5.51. The monoisotopic (exact) mass is 362 g/mol. The minimum absolute atomic E-state index is 0.682. The molecule has 2 aromatic carbocycles. The molecule has 1 aliphatic rings. The van der Waals surface area contributed by atoms with Gasteiger partial charge in [-0.15, -0.1) is 0 Å². The normalized spacial score (nSPS) is 15.8. The van der Waals surface area contributed by atoms with E-state index in [0.717, 1.165) is 45.0 Å². The molecule has 0 amide bonds. The Kier molecular flexibility index (Phi) is 6.77. The quantitative estimate of drug-likeness (QED) is 0.743. The molecule has 3 rings (SSSR count). The molecule has 0 spiro atoms. The number of hydrogen-bond acceptors (Lipinski definition) is 4. The largest absolute Gasteiger partial charge is 0.368 e. The van der Waals surface area contributed by atoms with Crippen LogP contribution in [-0.4, -0.2) is 55.6 Å². The Morgan fingerprint density at radius 3 is 2.30 bits per heavy atom. The zero-order chi connectivity index (χ0) is 19.1. The molecule has 1 N–H and O–H groups in total. The maximum atomic E-state index is 7.54. The molecule has 0 radical (unpaired) electrons. The Morgan fingerprint density at radius 2 is 1.59 bits per heavy atom. The first-order valence-electron chi connectivity index (χ1n) is 9.79. The fourth-order valence-corrected chi connectivity index (χ4v) is 3.65. The molecule has 2 aromatic rings. The smallest absolute Gasteiger partial charge is 0.0516 e. The van der Waals surface area contributed by atoms with Gasteiger partial charge in [-0.05, 0) is 25.5 Å². The van der Waals surface area contributed by atoms with Crippen LogP contribution in [0.4, 0.5) is 5.69 Å². The first-order chi connectivity index (χ1) is 13.1. The average Bonchev–Trinajstić information content (AvgIpc) is 2.69. The maximum Gasteiger partial charge on any atom is 0.0516 e. The van der Waals surface area contributed by atoms with Crippen molar-refractivity contribution in [1.29, 1.82) is 5.41 Å². The van der Waals surface area contributed by atoms with Crippen molar-refractivity contribution in [3.05, 3.63) is 54.6 Å². The zero-order valence-electron chi connectivity index (χ0n) is 16.5. The zero-order valence-corrected chi connectivity index (χ0v) is 16.5. The van der Waals surface area contributed by atoms with Gasteiger partial charge in [-0.2, -0.15) is 0 Å². The van der Waals surface area contributed by atoms with Crippen LogP contribution in [0.2, 0.25) is 0 Å². The summed E-state index contributed by atoms with van der Waals surface area (Å²) in [5.41, 5.74) is 5.68. The van der Waals surface area contributed by atoms with Crippen LogP contribution in [0.15, 0.2) is 59.6 Å². The topological polar surface area (TPSA) is 42.7 Å². The van der Waals surface area contributed by atoms with Gasteiger partial charge in [-0.25, -0.2) is 0 Å². The summed E-state index contributed by atoms with van der Waals surface area (Å²) in [6.07, 6.45) is 0.698. The van der Waals surface area contributed by atoms with Gasteiger partial charge in [-0.1, -0.05) is 48.5 Å². The first kappa shape index (κ1) is 19.3. The predicted molar refractivity (Wildman–Crippen MR) is 117 cm³/mol. The minimum atomic E-state index is 0.682. The summed E-state index contributed by atoms with van der Waals surface area (Å²) in [7, 11) is 0. The maximum absolute atomic E-state index is 7.54. The van der Waals surface area contributed by atoms with Crippen LogP contribution >= 0.6 is 0 Å². The fraction of sp³-hybridized carbons (Fsp3) is 0.391. The van der Waals surface area contributed by atoms with E-state index >= 15 is 0 Å². The molecule has 27 heavy (non-hydrogen) atoms. The van der Waals surface area contributed by atoms with Gasteiger partial charge in [0.15, 0.2) is 0 Å². The number of para-hydroxylation sites is 1. The molecule has 0 atom stereocenters. The summed E-state index contributed by atoms with van der Waals surface area (Å²) in [6, 6.07) is 19.4. The second-order valence-electron chi connectivity index (χ2n) is 7.29. The van der Waals surface area contributed by atoms with Crippen LogP contribution in [0.5, 0.6) is 0 Å². The molecule has 1 fully saturated rings. The lowest BCUT2D eigenvalue weighted by molar-refractivity contribution is 0.265. The number of benzene rings is 2. The molecule has 4 nitrogen and oxygen atoms in total. The SMILES string of the molecule is CC(=N)CC(C)=NCCN1CCN(c2ccccc2-c2ccccc2)CC1. The van der Waals surface area contributed by atoms with E-state index < -0.39 is 0 Å². The van der Waals surface area contributed by atoms with E-state index in [-0.39, 0.29) is 0 Å². The summed E-state index contributed by atoms with van der Waals surface area (Å²) >= 11 is 0. The Morgan fingerprint density at radius 1 is 0.926 bits per heavy atom. The van der Waals surface area contributed by atoms with Crippen LogP contribution in [0, 0.1) is 5.41 Å². The van der Waals surface area contributed by atoms with Crippen LogP contribution in [-0.2, 0) is 0 Å². The van der Waals surface area contributed by atoms with Crippen molar-refractivity contribution in [3.63, 3.8) is 0 Å². The molecule has 1 aliphatic heterocycles. The Balaban J connectivity index is 1.57. The summed E-state index contributed by atoms with van der Waals surface area (Å²) in [6.45, 7) is 9.94. The van der Waals surface area contributed by atoms with Gasteiger partial charge in [0.05, 0.1) is 6.54 Å². The number of nitrogens with zero attached hydrogens (tertiary/aromatic N) is 3. The van der Waals surface area contributed by atoms with Crippen molar-refractivity contribution in [1.82, 2.24) is 4.90 Å². The van der Waals surface area contributed by atoms with Gasteiger partial charge in [0.2, 0.25) is 0 Å². The highest BCUT2D eigenvalue weighted by Crippen LogP contribution is 2.31. The number of nitrogens with one attached hydrogen (secondary N) is 1. The predicted octanol–water partition coefficient (Wildman–Crippen LogP) is 4.37. The molecule has 4 heteroatoms. The average molecular weight is 363 g/mol. The lowest BCUT2D eigenvalue weighted by Gasteiger charge is -2.36. The second kappa shape index (κ2) is 9.47. The first-order valence-corrected chi connectivity index (χ1v) is 9.79. The fourth-order valence-electron chi connectivity index (χ4n) is 3.65.